The van der Waals surface area contributed by atoms with Gasteiger partial charge in [-0.1, -0.05) is 83.5 Å². The van der Waals surface area contributed by atoms with Gasteiger partial charge in [0.05, 0.1) is 26.2 Å². The summed E-state index contributed by atoms with van der Waals surface area (Å²) in [6.45, 7) is 0. The van der Waals surface area contributed by atoms with Crippen LogP contribution in [-0.2, 0) is 9.59 Å². The molecule has 3 nitrogen and oxygen atoms in total. The molecule has 0 fully saturated rings. The van der Waals surface area contributed by atoms with Gasteiger partial charge >= 0.3 is 0 Å². The number of benzene rings is 3. The smallest absolute Gasteiger partial charge is 0.268 e. The van der Waals surface area contributed by atoms with Gasteiger partial charge in [-0.2, -0.15) is 0 Å². The molecule has 1 aliphatic rings. The standard InChI is InChI=1S/C22H13Cl2NO2S/c23-17-12-11-15(13-18(17)24)25-21(26)19(14-7-3-1-4-8-14)20(22(25)27)28-16-9-5-2-6-10-16/h1-13H. The molecule has 0 unspecified atom stereocenters. The number of hydrogen-bond donors (Lipinski definition) is 0. The molecule has 28 heavy (non-hydrogen) atoms. The number of halogens is 2. The number of rotatable bonds is 4. The minimum Gasteiger partial charge on any atom is -0.268 e. The Bertz CT molecular complexity index is 1100. The van der Waals surface area contributed by atoms with Crippen LogP contribution in [0.3, 0.4) is 0 Å². The van der Waals surface area contributed by atoms with E-state index >= 15 is 0 Å². The molecule has 0 N–H and O–H groups in total. The minimum absolute atomic E-state index is 0.283. The van der Waals surface area contributed by atoms with E-state index in [1.807, 2.05) is 60.7 Å². The molecule has 1 heterocycles. The van der Waals surface area contributed by atoms with Crippen LogP contribution in [0.5, 0.6) is 0 Å². The molecule has 0 saturated carbocycles. The van der Waals surface area contributed by atoms with Crippen LogP contribution in [0.15, 0.2) is 88.7 Å². The Morgan fingerprint density at radius 1 is 0.714 bits per heavy atom. The van der Waals surface area contributed by atoms with E-state index in [0.717, 1.165) is 9.80 Å². The Balaban J connectivity index is 1.82. The predicted octanol–water partition coefficient (Wildman–Crippen LogP) is 6.07. The molecule has 0 atom stereocenters. The van der Waals surface area contributed by atoms with Crippen molar-refractivity contribution in [3.63, 3.8) is 0 Å². The monoisotopic (exact) mass is 425 g/mol. The van der Waals surface area contributed by atoms with Gasteiger partial charge in [0.2, 0.25) is 0 Å². The first-order valence-corrected chi connectivity index (χ1v) is 10.00. The van der Waals surface area contributed by atoms with Gasteiger partial charge in [-0.3, -0.25) is 9.59 Å². The van der Waals surface area contributed by atoms with E-state index in [2.05, 4.69) is 0 Å². The first-order chi connectivity index (χ1) is 13.6. The van der Waals surface area contributed by atoms with Crippen molar-refractivity contribution in [2.75, 3.05) is 4.90 Å². The van der Waals surface area contributed by atoms with E-state index in [-0.39, 0.29) is 16.8 Å². The molecule has 0 saturated heterocycles. The lowest BCUT2D eigenvalue weighted by molar-refractivity contribution is -0.119. The van der Waals surface area contributed by atoms with Crippen LogP contribution >= 0.6 is 35.0 Å². The normalized spacial score (nSPS) is 14.1. The number of amides is 2. The van der Waals surface area contributed by atoms with Crippen LogP contribution in [0.25, 0.3) is 5.57 Å². The Labute approximate surface area is 176 Å². The minimum atomic E-state index is -0.381. The molecular weight excluding hydrogens is 413 g/mol. The van der Waals surface area contributed by atoms with Gasteiger partial charge in [-0.05, 0) is 35.9 Å². The van der Waals surface area contributed by atoms with Gasteiger partial charge in [0.1, 0.15) is 0 Å². The summed E-state index contributed by atoms with van der Waals surface area (Å²) in [5.74, 6) is -0.760. The van der Waals surface area contributed by atoms with E-state index in [0.29, 0.717) is 26.8 Å². The number of anilines is 1. The third-order valence-electron chi connectivity index (χ3n) is 4.23. The first kappa shape index (κ1) is 18.8. The highest BCUT2D eigenvalue weighted by atomic mass is 35.5. The highest BCUT2D eigenvalue weighted by Gasteiger charge is 2.40. The van der Waals surface area contributed by atoms with Gasteiger partial charge in [0.15, 0.2) is 0 Å². The van der Waals surface area contributed by atoms with E-state index in [1.54, 1.807) is 12.1 Å². The Morgan fingerprint density at radius 3 is 2.00 bits per heavy atom. The van der Waals surface area contributed by atoms with Gasteiger partial charge in [0.25, 0.3) is 11.8 Å². The SMILES string of the molecule is O=C1C(Sc2ccccc2)=C(c2ccccc2)C(=O)N1c1ccc(Cl)c(Cl)c1. The number of thioether (sulfide) groups is 1. The fourth-order valence-electron chi connectivity index (χ4n) is 2.93. The second kappa shape index (κ2) is 7.84. The Hall–Kier alpha value is -2.53. The molecule has 2 amide bonds. The number of carbonyl (C=O) groups is 2. The average molecular weight is 426 g/mol. The van der Waals surface area contributed by atoms with E-state index in [1.165, 1.54) is 17.8 Å². The van der Waals surface area contributed by atoms with Crippen LogP contribution < -0.4 is 4.90 Å². The Kier molecular flexibility index (Phi) is 5.27. The average Bonchev–Trinajstić information content (AvgIpc) is 2.95. The summed E-state index contributed by atoms with van der Waals surface area (Å²) in [5, 5.41) is 0.643. The largest absolute Gasteiger partial charge is 0.272 e. The molecule has 3 aromatic carbocycles. The zero-order chi connectivity index (χ0) is 19.7. The highest BCUT2D eigenvalue weighted by Crippen LogP contribution is 2.42. The summed E-state index contributed by atoms with van der Waals surface area (Å²) >= 11 is 13.4. The maximum Gasteiger partial charge on any atom is 0.272 e. The highest BCUT2D eigenvalue weighted by molar-refractivity contribution is 8.04. The van der Waals surface area contributed by atoms with Crippen molar-refractivity contribution in [1.29, 1.82) is 0 Å². The summed E-state index contributed by atoms with van der Waals surface area (Å²) in [7, 11) is 0. The number of carbonyl (C=O) groups excluding carboxylic acids is 2. The summed E-state index contributed by atoms with van der Waals surface area (Å²) in [6, 6.07) is 23.4. The predicted molar refractivity (Wildman–Crippen MR) is 115 cm³/mol. The van der Waals surface area contributed by atoms with Gasteiger partial charge in [-0.25, -0.2) is 4.90 Å². The second-order valence-electron chi connectivity index (χ2n) is 6.03. The molecule has 0 radical (unpaired) electrons. The van der Waals surface area contributed by atoms with Crippen LogP contribution in [0, 0.1) is 0 Å². The van der Waals surface area contributed by atoms with Crippen molar-refractivity contribution < 1.29 is 9.59 Å². The number of imide groups is 1. The zero-order valence-corrected chi connectivity index (χ0v) is 16.8. The number of nitrogens with zero attached hydrogens (tertiary/aromatic N) is 1. The second-order valence-corrected chi connectivity index (χ2v) is 7.93. The van der Waals surface area contributed by atoms with Crippen LogP contribution in [-0.4, -0.2) is 11.8 Å². The lowest BCUT2D eigenvalue weighted by Gasteiger charge is -2.16. The van der Waals surface area contributed by atoms with Crippen LogP contribution in [0.1, 0.15) is 5.56 Å². The third kappa shape index (κ3) is 3.47. The van der Waals surface area contributed by atoms with E-state index in [9.17, 15) is 9.59 Å². The van der Waals surface area contributed by atoms with Gasteiger partial charge in [0, 0.05) is 4.90 Å². The molecule has 6 heteroatoms. The van der Waals surface area contributed by atoms with Crippen LogP contribution in [0.4, 0.5) is 5.69 Å². The van der Waals surface area contributed by atoms with Crippen molar-refractivity contribution in [2.45, 2.75) is 4.90 Å². The molecule has 0 spiro atoms. The molecule has 3 aromatic rings. The maximum atomic E-state index is 13.3. The molecule has 0 aliphatic carbocycles. The molecular formula is C22H13Cl2NO2S. The number of hydrogen-bond acceptors (Lipinski definition) is 3. The summed E-state index contributed by atoms with van der Waals surface area (Å²) in [6.07, 6.45) is 0. The van der Waals surface area contributed by atoms with Gasteiger partial charge in [-0.15, -0.1) is 0 Å². The van der Waals surface area contributed by atoms with Crippen LogP contribution in [0.2, 0.25) is 10.0 Å². The van der Waals surface area contributed by atoms with Crippen molar-refractivity contribution in [3.05, 3.63) is 99.4 Å². The Morgan fingerprint density at radius 2 is 1.36 bits per heavy atom. The fraction of sp³-hybridized carbons (Fsp3) is 0. The molecule has 0 bridgehead atoms. The maximum absolute atomic E-state index is 13.3. The van der Waals surface area contributed by atoms with Crippen molar-refractivity contribution in [2.24, 2.45) is 0 Å². The molecule has 1 aliphatic heterocycles. The summed E-state index contributed by atoms with van der Waals surface area (Å²) in [5.41, 5.74) is 1.47. The lowest BCUT2D eigenvalue weighted by Crippen LogP contribution is -2.31. The zero-order valence-electron chi connectivity index (χ0n) is 14.4. The van der Waals surface area contributed by atoms with Gasteiger partial charge < -0.3 is 0 Å². The lowest BCUT2D eigenvalue weighted by atomic mass is 10.1. The fourth-order valence-corrected chi connectivity index (χ4v) is 4.24. The topological polar surface area (TPSA) is 37.4 Å². The van der Waals surface area contributed by atoms with Crippen molar-refractivity contribution >= 4 is 58.0 Å². The van der Waals surface area contributed by atoms with E-state index < -0.39 is 0 Å². The quantitative estimate of drug-likeness (QED) is 0.475. The summed E-state index contributed by atoms with van der Waals surface area (Å²) < 4.78 is 0. The first-order valence-electron chi connectivity index (χ1n) is 8.42. The molecule has 138 valence electrons. The van der Waals surface area contributed by atoms with E-state index in [4.69, 9.17) is 23.2 Å². The van der Waals surface area contributed by atoms with Crippen molar-refractivity contribution in [3.8, 4) is 0 Å². The summed E-state index contributed by atoms with van der Waals surface area (Å²) in [4.78, 5) is 28.9. The van der Waals surface area contributed by atoms with Crippen molar-refractivity contribution in [1.82, 2.24) is 0 Å². The molecule has 0 aromatic heterocycles. The molecule has 4 rings (SSSR count). The third-order valence-corrected chi connectivity index (χ3v) is 6.06.